The van der Waals surface area contributed by atoms with Crippen molar-refractivity contribution in [2.24, 2.45) is 0 Å². The summed E-state index contributed by atoms with van der Waals surface area (Å²) in [6, 6.07) is 24.7. The van der Waals surface area contributed by atoms with Crippen LogP contribution < -0.4 is 10.0 Å². The molecule has 0 atom stereocenters. The maximum atomic E-state index is 13.2. The van der Waals surface area contributed by atoms with Crippen LogP contribution in [0, 0.1) is 20.2 Å². The first-order chi connectivity index (χ1) is 18.7. The van der Waals surface area contributed by atoms with Gasteiger partial charge in [0.1, 0.15) is 0 Å². The minimum atomic E-state index is -4.27. The zero-order valence-electron chi connectivity index (χ0n) is 19.9. The third kappa shape index (κ3) is 5.47. The number of para-hydroxylation sites is 2. The second-order valence-corrected chi connectivity index (χ2v) is 9.96. The quantitative estimate of drug-likeness (QED) is 0.185. The average molecular weight is 543 g/mol. The maximum Gasteiger partial charge on any atom is 0.270 e. The number of aromatic nitrogens is 2. The fourth-order valence-corrected chi connectivity index (χ4v) is 4.85. The standard InChI is InChI=1S/C26H18N6O6S/c33-31(34)20-13-11-17(12-14-20)18-5-3-6-19(15-18)27-25-26(29-24-10-2-1-9-23(24)28-25)30-39(37,38)22-8-4-7-21(16-22)32(35)36/h1-16H,(H,27,28)(H,29,30). The minimum absolute atomic E-state index is 0.0276. The van der Waals surface area contributed by atoms with E-state index in [2.05, 4.69) is 20.0 Å². The number of benzene rings is 4. The van der Waals surface area contributed by atoms with Crippen LogP contribution in [0.2, 0.25) is 0 Å². The van der Waals surface area contributed by atoms with Crippen molar-refractivity contribution in [3.63, 3.8) is 0 Å². The van der Waals surface area contributed by atoms with E-state index in [-0.39, 0.29) is 27.9 Å². The van der Waals surface area contributed by atoms with Crippen molar-refractivity contribution >= 4 is 49.8 Å². The van der Waals surface area contributed by atoms with Crippen LogP contribution in [0.1, 0.15) is 0 Å². The molecule has 39 heavy (non-hydrogen) atoms. The Morgan fingerprint density at radius 1 is 0.641 bits per heavy atom. The number of anilines is 3. The van der Waals surface area contributed by atoms with E-state index in [1.54, 1.807) is 54.6 Å². The zero-order valence-corrected chi connectivity index (χ0v) is 20.7. The molecule has 0 unspecified atom stereocenters. The van der Waals surface area contributed by atoms with Gasteiger partial charge in [0.2, 0.25) is 0 Å². The Labute approximate surface area is 221 Å². The molecule has 0 aliphatic rings. The van der Waals surface area contributed by atoms with Crippen molar-refractivity contribution in [2.75, 3.05) is 10.0 Å². The molecule has 1 heterocycles. The molecule has 0 radical (unpaired) electrons. The molecule has 2 N–H and O–H groups in total. The molecule has 0 bridgehead atoms. The SMILES string of the molecule is O=[N+]([O-])c1ccc(-c2cccc(Nc3nc4ccccc4nc3NS(=O)(=O)c3cccc([N+](=O)[O-])c3)c2)cc1. The fourth-order valence-electron chi connectivity index (χ4n) is 3.80. The van der Waals surface area contributed by atoms with Gasteiger partial charge in [-0.25, -0.2) is 18.4 Å². The van der Waals surface area contributed by atoms with Gasteiger partial charge in [0.15, 0.2) is 11.6 Å². The van der Waals surface area contributed by atoms with Crippen molar-refractivity contribution in [2.45, 2.75) is 4.90 Å². The van der Waals surface area contributed by atoms with Gasteiger partial charge in [-0.15, -0.1) is 0 Å². The third-order valence-corrected chi connectivity index (χ3v) is 7.01. The van der Waals surface area contributed by atoms with Crippen molar-refractivity contribution in [1.82, 2.24) is 9.97 Å². The summed E-state index contributed by atoms with van der Waals surface area (Å²) in [6.45, 7) is 0. The van der Waals surface area contributed by atoms with Crippen LogP contribution in [-0.4, -0.2) is 28.2 Å². The number of nitrogens with one attached hydrogen (secondary N) is 2. The van der Waals surface area contributed by atoms with Gasteiger partial charge in [0.05, 0.1) is 25.8 Å². The monoisotopic (exact) mass is 542 g/mol. The number of non-ortho nitro benzene ring substituents is 2. The summed E-state index contributed by atoms with van der Waals surface area (Å²) in [5, 5.41) is 25.2. The summed E-state index contributed by atoms with van der Waals surface area (Å²) in [7, 11) is -4.27. The van der Waals surface area contributed by atoms with Crippen molar-refractivity contribution in [1.29, 1.82) is 0 Å². The van der Waals surface area contributed by atoms with E-state index in [4.69, 9.17) is 0 Å². The molecule has 5 aromatic rings. The minimum Gasteiger partial charge on any atom is -0.337 e. The van der Waals surface area contributed by atoms with Gasteiger partial charge in [0, 0.05) is 30.0 Å². The van der Waals surface area contributed by atoms with Crippen LogP contribution >= 0.6 is 0 Å². The highest BCUT2D eigenvalue weighted by Gasteiger charge is 2.21. The molecule has 0 spiro atoms. The van der Waals surface area contributed by atoms with Gasteiger partial charge in [-0.05, 0) is 53.6 Å². The van der Waals surface area contributed by atoms with Crippen LogP contribution in [-0.2, 0) is 10.0 Å². The number of rotatable bonds is 8. The first-order valence-electron chi connectivity index (χ1n) is 11.4. The van der Waals surface area contributed by atoms with E-state index in [0.717, 1.165) is 17.2 Å². The molecule has 13 heteroatoms. The summed E-state index contributed by atoms with van der Waals surface area (Å²) in [6.07, 6.45) is 0. The Hall–Kier alpha value is -5.43. The lowest BCUT2D eigenvalue weighted by molar-refractivity contribution is -0.385. The summed E-state index contributed by atoms with van der Waals surface area (Å²) >= 11 is 0. The first kappa shape index (κ1) is 25.2. The Morgan fingerprint density at radius 3 is 1.95 bits per heavy atom. The summed E-state index contributed by atoms with van der Waals surface area (Å²) in [5.74, 6) is -0.00972. The number of nitro benzene ring substituents is 2. The van der Waals surface area contributed by atoms with Gasteiger partial charge < -0.3 is 5.32 Å². The van der Waals surface area contributed by atoms with Crippen LogP contribution in [0.3, 0.4) is 0 Å². The normalized spacial score (nSPS) is 11.2. The third-order valence-electron chi connectivity index (χ3n) is 5.68. The molecule has 4 aromatic carbocycles. The number of fused-ring (bicyclic) bond motifs is 1. The lowest BCUT2D eigenvalue weighted by atomic mass is 10.0. The van der Waals surface area contributed by atoms with Gasteiger partial charge in [-0.1, -0.05) is 30.3 Å². The maximum absolute atomic E-state index is 13.2. The van der Waals surface area contributed by atoms with Crippen molar-refractivity contribution < 1.29 is 18.3 Å². The molecule has 0 amide bonds. The highest BCUT2D eigenvalue weighted by Crippen LogP contribution is 2.30. The second-order valence-electron chi connectivity index (χ2n) is 8.28. The Kier molecular flexibility index (Phi) is 6.56. The topological polar surface area (TPSA) is 170 Å². The van der Waals surface area contributed by atoms with E-state index in [9.17, 15) is 28.6 Å². The highest BCUT2D eigenvalue weighted by atomic mass is 32.2. The fraction of sp³-hybridized carbons (Fsp3) is 0. The molecule has 5 rings (SSSR count). The second kappa shape index (κ2) is 10.1. The van der Waals surface area contributed by atoms with Crippen molar-refractivity contribution in [3.05, 3.63) is 117 Å². The van der Waals surface area contributed by atoms with E-state index >= 15 is 0 Å². The van der Waals surface area contributed by atoms with Crippen LogP contribution in [0.5, 0.6) is 0 Å². The molecular formula is C26H18N6O6S. The average Bonchev–Trinajstić information content (AvgIpc) is 2.93. The summed E-state index contributed by atoms with van der Waals surface area (Å²) in [4.78, 5) is 29.6. The molecule has 0 aliphatic heterocycles. The Bertz CT molecular complexity index is 1840. The van der Waals surface area contributed by atoms with E-state index in [1.165, 1.54) is 30.3 Å². The van der Waals surface area contributed by atoms with Crippen molar-refractivity contribution in [3.8, 4) is 11.1 Å². The number of hydrogen-bond donors (Lipinski definition) is 2. The van der Waals surface area contributed by atoms with E-state index < -0.39 is 19.9 Å². The van der Waals surface area contributed by atoms with Gasteiger partial charge in [-0.3, -0.25) is 25.0 Å². The predicted octanol–water partition coefficient (Wildman–Crippen LogP) is 5.66. The van der Waals surface area contributed by atoms with E-state index in [0.29, 0.717) is 16.7 Å². The molecule has 194 valence electrons. The predicted molar refractivity (Wildman–Crippen MR) is 145 cm³/mol. The molecule has 0 fully saturated rings. The van der Waals surface area contributed by atoms with Gasteiger partial charge in [-0.2, -0.15) is 0 Å². The number of nitrogens with zero attached hydrogens (tertiary/aromatic N) is 4. The molecule has 0 saturated heterocycles. The van der Waals surface area contributed by atoms with Crippen LogP contribution in [0.4, 0.5) is 28.7 Å². The van der Waals surface area contributed by atoms with E-state index in [1.807, 2.05) is 6.07 Å². The molecular weight excluding hydrogens is 524 g/mol. The lowest BCUT2D eigenvalue weighted by Crippen LogP contribution is -2.16. The van der Waals surface area contributed by atoms with Crippen LogP contribution in [0.15, 0.2) is 102 Å². The largest absolute Gasteiger partial charge is 0.337 e. The summed E-state index contributed by atoms with van der Waals surface area (Å²) in [5.41, 5.74) is 2.57. The smallest absolute Gasteiger partial charge is 0.270 e. The molecule has 12 nitrogen and oxygen atoms in total. The number of sulfonamides is 1. The molecule has 0 saturated carbocycles. The number of hydrogen-bond acceptors (Lipinski definition) is 9. The lowest BCUT2D eigenvalue weighted by Gasteiger charge is -2.14. The Balaban J connectivity index is 1.52. The summed E-state index contributed by atoms with van der Waals surface area (Å²) < 4.78 is 28.7. The zero-order chi connectivity index (χ0) is 27.6. The highest BCUT2D eigenvalue weighted by molar-refractivity contribution is 7.92. The van der Waals surface area contributed by atoms with Crippen LogP contribution in [0.25, 0.3) is 22.2 Å². The Morgan fingerprint density at radius 2 is 1.28 bits per heavy atom. The molecule has 1 aromatic heterocycles. The molecule has 0 aliphatic carbocycles. The number of nitro groups is 2. The van der Waals surface area contributed by atoms with Gasteiger partial charge >= 0.3 is 0 Å². The van der Waals surface area contributed by atoms with Gasteiger partial charge in [0.25, 0.3) is 21.4 Å². The first-order valence-corrected chi connectivity index (χ1v) is 12.8.